The number of benzene rings is 2. The van der Waals surface area contributed by atoms with Gasteiger partial charge in [0.2, 0.25) is 5.54 Å². The van der Waals surface area contributed by atoms with Crippen LogP contribution in [0.3, 0.4) is 0 Å². The first-order valence-electron chi connectivity index (χ1n) is 6.97. The van der Waals surface area contributed by atoms with Crippen molar-refractivity contribution in [2.75, 3.05) is 10.3 Å². The van der Waals surface area contributed by atoms with Crippen LogP contribution in [-0.4, -0.2) is 17.2 Å². The second kappa shape index (κ2) is 5.75. The number of nitrogens with one attached hydrogen (secondary N) is 1. The van der Waals surface area contributed by atoms with E-state index in [1.807, 2.05) is 18.2 Å². The second-order valence-electron chi connectivity index (χ2n) is 5.13. The maximum Gasteiger partial charge on any atom is 0.294 e. The van der Waals surface area contributed by atoms with Gasteiger partial charge in [0, 0.05) is 10.7 Å². The molecule has 0 spiro atoms. The van der Waals surface area contributed by atoms with Gasteiger partial charge < -0.3 is 5.32 Å². The summed E-state index contributed by atoms with van der Waals surface area (Å²) < 4.78 is 0. The zero-order valence-electron chi connectivity index (χ0n) is 12.3. The number of nitriles is 1. The Kier molecular flexibility index (Phi) is 3.77. The standard InChI is InChI=1S/C17H13ClN4O/c1-12-17(11-19,20-14-5-3-2-4-6-14)16(23)22(21-12)15-9-7-13(18)8-10-15/h2-10,20H,1H3/t17-/m0/s1. The number of carbonyl (C=O) groups is 1. The minimum atomic E-state index is -1.51. The van der Waals surface area contributed by atoms with Crippen LogP contribution in [0.15, 0.2) is 59.7 Å². The Balaban J connectivity index is 1.97. The van der Waals surface area contributed by atoms with Crippen molar-refractivity contribution in [1.29, 1.82) is 5.26 Å². The largest absolute Gasteiger partial charge is 0.355 e. The predicted octanol–water partition coefficient (Wildman–Crippen LogP) is 3.44. The van der Waals surface area contributed by atoms with Gasteiger partial charge in [0.05, 0.1) is 11.4 Å². The molecule has 1 aliphatic heterocycles. The summed E-state index contributed by atoms with van der Waals surface area (Å²) >= 11 is 5.87. The number of nitrogens with zero attached hydrogens (tertiary/aromatic N) is 3. The fraction of sp³-hybridized carbons (Fsp3) is 0.118. The molecule has 1 amide bonds. The van der Waals surface area contributed by atoms with E-state index in [9.17, 15) is 10.1 Å². The van der Waals surface area contributed by atoms with Crippen LogP contribution in [0, 0.1) is 11.3 Å². The number of hydrogen-bond donors (Lipinski definition) is 1. The molecule has 1 heterocycles. The number of anilines is 2. The third-order valence-corrected chi connectivity index (χ3v) is 3.90. The lowest BCUT2D eigenvalue weighted by Crippen LogP contribution is -2.51. The van der Waals surface area contributed by atoms with Crippen molar-refractivity contribution < 1.29 is 4.79 Å². The fourth-order valence-corrected chi connectivity index (χ4v) is 2.51. The molecule has 3 rings (SSSR count). The smallest absolute Gasteiger partial charge is 0.294 e. The molecule has 0 saturated carbocycles. The molecule has 1 atom stereocenters. The van der Waals surface area contributed by atoms with Crippen molar-refractivity contribution in [2.24, 2.45) is 5.10 Å². The Bertz CT molecular complexity index is 811. The van der Waals surface area contributed by atoms with Crippen LogP contribution in [0.1, 0.15) is 6.92 Å². The van der Waals surface area contributed by atoms with Crippen molar-refractivity contribution >= 4 is 34.6 Å². The van der Waals surface area contributed by atoms with Gasteiger partial charge in [0.25, 0.3) is 5.91 Å². The summed E-state index contributed by atoms with van der Waals surface area (Å²) in [5.74, 6) is -0.441. The van der Waals surface area contributed by atoms with Crippen molar-refractivity contribution in [1.82, 2.24) is 0 Å². The third kappa shape index (κ3) is 2.54. The molecule has 0 unspecified atom stereocenters. The number of para-hydroxylation sites is 1. The Morgan fingerprint density at radius 1 is 1.17 bits per heavy atom. The van der Waals surface area contributed by atoms with Crippen LogP contribution in [0.4, 0.5) is 11.4 Å². The minimum Gasteiger partial charge on any atom is -0.355 e. The van der Waals surface area contributed by atoms with E-state index in [2.05, 4.69) is 16.5 Å². The van der Waals surface area contributed by atoms with Gasteiger partial charge in [-0.3, -0.25) is 4.79 Å². The van der Waals surface area contributed by atoms with Crippen LogP contribution in [0.25, 0.3) is 0 Å². The molecule has 2 aromatic rings. The lowest BCUT2D eigenvalue weighted by atomic mass is 9.95. The van der Waals surface area contributed by atoms with E-state index < -0.39 is 11.4 Å². The average molecular weight is 325 g/mol. The summed E-state index contributed by atoms with van der Waals surface area (Å²) in [7, 11) is 0. The Morgan fingerprint density at radius 3 is 2.43 bits per heavy atom. The summed E-state index contributed by atoms with van der Waals surface area (Å²) in [4.78, 5) is 12.9. The van der Waals surface area contributed by atoms with Crippen molar-refractivity contribution in [3.63, 3.8) is 0 Å². The van der Waals surface area contributed by atoms with Gasteiger partial charge in [0.15, 0.2) is 0 Å². The number of amides is 1. The molecular formula is C17H13ClN4O. The maximum absolute atomic E-state index is 12.9. The zero-order chi connectivity index (χ0) is 16.4. The van der Waals surface area contributed by atoms with Crippen molar-refractivity contribution in [3.05, 3.63) is 59.6 Å². The predicted molar refractivity (Wildman–Crippen MR) is 90.5 cm³/mol. The number of carbonyl (C=O) groups excluding carboxylic acids is 1. The third-order valence-electron chi connectivity index (χ3n) is 3.65. The second-order valence-corrected chi connectivity index (χ2v) is 5.57. The Hall–Kier alpha value is -2.84. The highest BCUT2D eigenvalue weighted by Crippen LogP contribution is 2.30. The molecular weight excluding hydrogens is 312 g/mol. The molecule has 0 bridgehead atoms. The Labute approximate surface area is 138 Å². The lowest BCUT2D eigenvalue weighted by molar-refractivity contribution is -0.118. The maximum atomic E-state index is 12.9. The first kappa shape index (κ1) is 15.1. The highest BCUT2D eigenvalue weighted by Gasteiger charge is 2.50. The molecule has 0 fully saturated rings. The SMILES string of the molecule is CC1=NN(c2ccc(Cl)cc2)C(=O)[C@@]1(C#N)Nc1ccccc1. The highest BCUT2D eigenvalue weighted by atomic mass is 35.5. The molecule has 5 nitrogen and oxygen atoms in total. The number of rotatable bonds is 3. The van der Waals surface area contributed by atoms with Crippen LogP contribution < -0.4 is 10.3 Å². The van der Waals surface area contributed by atoms with Gasteiger partial charge in [-0.25, -0.2) is 0 Å². The molecule has 23 heavy (non-hydrogen) atoms. The van der Waals surface area contributed by atoms with Gasteiger partial charge >= 0.3 is 0 Å². The first-order valence-corrected chi connectivity index (χ1v) is 7.35. The molecule has 114 valence electrons. The lowest BCUT2D eigenvalue weighted by Gasteiger charge is -2.23. The molecule has 0 radical (unpaired) electrons. The average Bonchev–Trinajstić information content (AvgIpc) is 2.82. The fourth-order valence-electron chi connectivity index (χ4n) is 2.38. The molecule has 0 saturated heterocycles. The monoisotopic (exact) mass is 324 g/mol. The van der Waals surface area contributed by atoms with E-state index in [0.29, 0.717) is 22.1 Å². The van der Waals surface area contributed by atoms with Crippen LogP contribution in [0.5, 0.6) is 0 Å². The molecule has 1 N–H and O–H groups in total. The number of hydrazone groups is 1. The van der Waals surface area contributed by atoms with Crippen LogP contribution >= 0.6 is 11.6 Å². The molecule has 6 heteroatoms. The van der Waals surface area contributed by atoms with E-state index in [0.717, 1.165) is 0 Å². The molecule has 0 aliphatic carbocycles. The topological polar surface area (TPSA) is 68.5 Å². The van der Waals surface area contributed by atoms with E-state index in [4.69, 9.17) is 11.6 Å². The minimum absolute atomic E-state index is 0.392. The van der Waals surface area contributed by atoms with Gasteiger partial charge in [-0.1, -0.05) is 29.8 Å². The van der Waals surface area contributed by atoms with Crippen LogP contribution in [-0.2, 0) is 4.79 Å². The van der Waals surface area contributed by atoms with E-state index in [-0.39, 0.29) is 0 Å². The van der Waals surface area contributed by atoms with Gasteiger partial charge in [-0.2, -0.15) is 15.4 Å². The molecule has 1 aliphatic rings. The van der Waals surface area contributed by atoms with Crippen molar-refractivity contribution in [3.8, 4) is 6.07 Å². The molecule has 0 aromatic heterocycles. The van der Waals surface area contributed by atoms with E-state index in [1.54, 1.807) is 43.3 Å². The summed E-state index contributed by atoms with van der Waals surface area (Å²) in [5.41, 5.74) is 0.116. The zero-order valence-corrected chi connectivity index (χ0v) is 13.1. The quantitative estimate of drug-likeness (QED) is 0.940. The van der Waals surface area contributed by atoms with Gasteiger partial charge in [-0.15, -0.1) is 0 Å². The summed E-state index contributed by atoms with van der Waals surface area (Å²) in [6.07, 6.45) is 0. The van der Waals surface area contributed by atoms with Crippen molar-refractivity contribution in [2.45, 2.75) is 12.5 Å². The van der Waals surface area contributed by atoms with Gasteiger partial charge in [0.1, 0.15) is 6.07 Å². The summed E-state index contributed by atoms with van der Waals surface area (Å²) in [6, 6.07) is 17.9. The number of hydrogen-bond acceptors (Lipinski definition) is 4. The van der Waals surface area contributed by atoms with Gasteiger partial charge in [-0.05, 0) is 43.3 Å². The number of halogens is 1. The summed E-state index contributed by atoms with van der Waals surface area (Å²) in [5, 5.41) is 18.7. The molecule has 2 aromatic carbocycles. The summed E-state index contributed by atoms with van der Waals surface area (Å²) in [6.45, 7) is 1.66. The van der Waals surface area contributed by atoms with E-state index >= 15 is 0 Å². The highest BCUT2D eigenvalue weighted by molar-refractivity contribution is 6.31. The normalized spacial score (nSPS) is 20.1. The van der Waals surface area contributed by atoms with E-state index in [1.165, 1.54) is 5.01 Å². The first-order chi connectivity index (χ1) is 11.1. The Morgan fingerprint density at radius 2 is 1.83 bits per heavy atom. The van der Waals surface area contributed by atoms with Crippen LogP contribution in [0.2, 0.25) is 5.02 Å².